The lowest BCUT2D eigenvalue weighted by Crippen LogP contribution is -2.31. The second-order valence-corrected chi connectivity index (χ2v) is 7.21. The van der Waals surface area contributed by atoms with Crippen LogP contribution in [0.15, 0.2) is 74.4 Å². The topological polar surface area (TPSA) is 75.9 Å². The van der Waals surface area contributed by atoms with Crippen molar-refractivity contribution in [2.45, 2.75) is 26.9 Å². The molecule has 166 valence electrons. The summed E-state index contributed by atoms with van der Waals surface area (Å²) in [5, 5.41) is 4.28. The summed E-state index contributed by atoms with van der Waals surface area (Å²) >= 11 is 0. The van der Waals surface area contributed by atoms with Crippen LogP contribution in [0.4, 0.5) is 10.3 Å². The average molecular weight is 437 g/mol. The van der Waals surface area contributed by atoms with E-state index >= 15 is 0 Å². The zero-order valence-electron chi connectivity index (χ0n) is 18.0. The van der Waals surface area contributed by atoms with Gasteiger partial charge in [0.2, 0.25) is 5.88 Å². The Bertz CT molecular complexity index is 1130. The Kier molecular flexibility index (Phi) is 6.39. The third kappa shape index (κ3) is 4.44. The molecule has 0 aliphatic heterocycles. The molecule has 3 heterocycles. The van der Waals surface area contributed by atoms with Crippen molar-refractivity contribution in [2.75, 3.05) is 18.0 Å². The van der Waals surface area contributed by atoms with E-state index in [0.717, 1.165) is 5.56 Å². The van der Waals surface area contributed by atoms with Crippen molar-refractivity contribution in [3.8, 4) is 11.3 Å². The molecule has 0 bridgehead atoms. The van der Waals surface area contributed by atoms with Crippen molar-refractivity contribution in [1.29, 1.82) is 0 Å². The summed E-state index contributed by atoms with van der Waals surface area (Å²) in [5.41, 5.74) is 1.99. The SMILES string of the molecule is CCN(CC)c1onc(-c2ccc(F)cc2)c1CN(Cc1ccco1)C(=O)c1ccco1. The molecule has 0 unspecified atom stereocenters. The highest BCUT2D eigenvalue weighted by molar-refractivity contribution is 5.91. The van der Waals surface area contributed by atoms with Gasteiger partial charge in [-0.1, -0.05) is 5.16 Å². The van der Waals surface area contributed by atoms with Gasteiger partial charge in [0.1, 0.15) is 17.3 Å². The van der Waals surface area contributed by atoms with E-state index < -0.39 is 0 Å². The van der Waals surface area contributed by atoms with Gasteiger partial charge >= 0.3 is 0 Å². The number of nitrogens with zero attached hydrogens (tertiary/aromatic N) is 3. The minimum absolute atomic E-state index is 0.197. The molecule has 0 spiro atoms. The lowest BCUT2D eigenvalue weighted by atomic mass is 10.1. The van der Waals surface area contributed by atoms with Gasteiger partial charge in [-0.25, -0.2) is 4.39 Å². The van der Waals surface area contributed by atoms with E-state index in [2.05, 4.69) is 5.16 Å². The van der Waals surface area contributed by atoms with Gasteiger partial charge in [0.05, 0.1) is 31.2 Å². The van der Waals surface area contributed by atoms with Crippen LogP contribution in [0.3, 0.4) is 0 Å². The number of benzene rings is 1. The van der Waals surface area contributed by atoms with Crippen LogP contribution in [0.5, 0.6) is 0 Å². The minimum atomic E-state index is -0.338. The Morgan fingerprint density at radius 2 is 1.69 bits per heavy atom. The predicted molar refractivity (Wildman–Crippen MR) is 116 cm³/mol. The summed E-state index contributed by atoms with van der Waals surface area (Å²) in [4.78, 5) is 16.9. The maximum atomic E-state index is 13.5. The highest BCUT2D eigenvalue weighted by atomic mass is 19.1. The van der Waals surface area contributed by atoms with E-state index in [4.69, 9.17) is 13.4 Å². The quantitative estimate of drug-likeness (QED) is 0.351. The number of hydrogen-bond donors (Lipinski definition) is 0. The van der Waals surface area contributed by atoms with Gasteiger partial charge in [0, 0.05) is 18.7 Å². The Morgan fingerprint density at radius 3 is 2.31 bits per heavy atom. The summed E-state index contributed by atoms with van der Waals surface area (Å²) in [7, 11) is 0. The third-order valence-corrected chi connectivity index (χ3v) is 5.23. The van der Waals surface area contributed by atoms with Gasteiger partial charge < -0.3 is 23.2 Å². The van der Waals surface area contributed by atoms with Crippen molar-refractivity contribution in [2.24, 2.45) is 0 Å². The number of furan rings is 2. The molecule has 0 aliphatic carbocycles. The van der Waals surface area contributed by atoms with Crippen LogP contribution in [0.2, 0.25) is 0 Å². The molecular formula is C24H24FN3O4. The Balaban J connectivity index is 1.76. The van der Waals surface area contributed by atoms with E-state index in [1.807, 2.05) is 24.8 Å². The van der Waals surface area contributed by atoms with E-state index in [1.165, 1.54) is 18.4 Å². The van der Waals surface area contributed by atoms with Gasteiger partial charge in [-0.3, -0.25) is 4.79 Å². The average Bonchev–Trinajstić information content (AvgIpc) is 3.58. The van der Waals surface area contributed by atoms with Crippen molar-refractivity contribution in [3.63, 3.8) is 0 Å². The molecule has 8 heteroatoms. The van der Waals surface area contributed by atoms with Crippen molar-refractivity contribution >= 4 is 11.8 Å². The van der Waals surface area contributed by atoms with Crippen LogP contribution in [0.25, 0.3) is 11.3 Å². The number of carbonyl (C=O) groups excluding carboxylic acids is 1. The third-order valence-electron chi connectivity index (χ3n) is 5.23. The summed E-state index contributed by atoms with van der Waals surface area (Å²) in [5.74, 6) is 0.805. The molecular weight excluding hydrogens is 413 g/mol. The van der Waals surface area contributed by atoms with Crippen LogP contribution in [-0.2, 0) is 13.1 Å². The fourth-order valence-electron chi connectivity index (χ4n) is 3.57. The van der Waals surface area contributed by atoms with Gasteiger partial charge in [0.25, 0.3) is 5.91 Å². The number of anilines is 1. The summed E-state index contributed by atoms with van der Waals surface area (Å²) in [6, 6.07) is 12.9. The van der Waals surface area contributed by atoms with Crippen LogP contribution in [0.1, 0.15) is 35.7 Å². The lowest BCUT2D eigenvalue weighted by molar-refractivity contribution is 0.0685. The molecule has 4 rings (SSSR count). The predicted octanol–water partition coefficient (Wildman–Crippen LogP) is 5.36. The smallest absolute Gasteiger partial charge is 0.290 e. The molecule has 7 nitrogen and oxygen atoms in total. The molecule has 0 fully saturated rings. The number of aromatic nitrogens is 1. The first-order valence-electron chi connectivity index (χ1n) is 10.4. The summed E-state index contributed by atoms with van der Waals surface area (Å²) in [6.45, 7) is 5.86. The highest BCUT2D eigenvalue weighted by Crippen LogP contribution is 2.33. The second-order valence-electron chi connectivity index (χ2n) is 7.21. The first kappa shape index (κ1) is 21.4. The zero-order valence-corrected chi connectivity index (χ0v) is 18.0. The Morgan fingerprint density at radius 1 is 0.969 bits per heavy atom. The van der Waals surface area contributed by atoms with Crippen molar-refractivity contribution in [3.05, 3.63) is 84.0 Å². The molecule has 0 atom stereocenters. The molecule has 0 radical (unpaired) electrons. The lowest BCUT2D eigenvalue weighted by Gasteiger charge is -2.23. The zero-order chi connectivity index (χ0) is 22.5. The molecule has 32 heavy (non-hydrogen) atoms. The van der Waals surface area contributed by atoms with Crippen molar-refractivity contribution < 1.29 is 22.5 Å². The van der Waals surface area contributed by atoms with Crippen LogP contribution in [-0.4, -0.2) is 29.1 Å². The molecule has 0 aliphatic rings. The van der Waals surface area contributed by atoms with E-state index in [0.29, 0.717) is 36.0 Å². The standard InChI is InChI=1S/C24H24FN3O4/c1-3-27(4-2)24-20(22(26-32-24)17-9-11-18(25)12-10-17)16-28(15-19-7-5-13-30-19)23(29)21-8-6-14-31-21/h5-14H,3-4,15-16H2,1-2H3. The van der Waals surface area contributed by atoms with E-state index in [9.17, 15) is 9.18 Å². The fourth-order valence-corrected chi connectivity index (χ4v) is 3.57. The first-order chi connectivity index (χ1) is 15.6. The fraction of sp³-hybridized carbons (Fsp3) is 0.250. The van der Waals surface area contributed by atoms with Crippen molar-refractivity contribution in [1.82, 2.24) is 10.1 Å². The van der Waals surface area contributed by atoms with Crippen LogP contribution >= 0.6 is 0 Å². The molecule has 1 aromatic carbocycles. The second kappa shape index (κ2) is 9.55. The molecule has 4 aromatic rings. The molecule has 0 N–H and O–H groups in total. The maximum Gasteiger partial charge on any atom is 0.290 e. The number of rotatable bonds is 9. The van der Waals surface area contributed by atoms with Gasteiger partial charge in [0.15, 0.2) is 5.76 Å². The van der Waals surface area contributed by atoms with Gasteiger partial charge in [-0.2, -0.15) is 0 Å². The van der Waals surface area contributed by atoms with E-state index in [-0.39, 0.29) is 30.6 Å². The summed E-state index contributed by atoms with van der Waals surface area (Å²) in [6.07, 6.45) is 3.03. The van der Waals surface area contributed by atoms with Crippen LogP contribution in [0, 0.1) is 5.82 Å². The highest BCUT2D eigenvalue weighted by Gasteiger charge is 2.27. The Hall–Kier alpha value is -3.81. The molecule has 0 saturated heterocycles. The number of halogens is 1. The molecule has 0 saturated carbocycles. The van der Waals surface area contributed by atoms with Crippen LogP contribution < -0.4 is 4.90 Å². The van der Waals surface area contributed by atoms with Gasteiger partial charge in [-0.15, -0.1) is 0 Å². The normalized spacial score (nSPS) is 11.0. The Labute approximate surface area is 185 Å². The number of amides is 1. The monoisotopic (exact) mass is 437 g/mol. The minimum Gasteiger partial charge on any atom is -0.467 e. The number of hydrogen-bond acceptors (Lipinski definition) is 6. The summed E-state index contributed by atoms with van der Waals surface area (Å²) < 4.78 is 30.1. The largest absolute Gasteiger partial charge is 0.467 e. The van der Waals surface area contributed by atoms with E-state index in [1.54, 1.807) is 41.5 Å². The van der Waals surface area contributed by atoms with Gasteiger partial charge in [-0.05, 0) is 62.4 Å². The number of carbonyl (C=O) groups is 1. The molecule has 3 aromatic heterocycles. The first-order valence-corrected chi connectivity index (χ1v) is 10.4. The molecule has 1 amide bonds. The maximum absolute atomic E-state index is 13.5.